The number of carbonyl (C=O) groups excluding carboxylic acids is 1. The summed E-state index contributed by atoms with van der Waals surface area (Å²) < 4.78 is 6.42. The number of furan rings is 1. The van der Waals surface area contributed by atoms with E-state index in [1.807, 2.05) is 69.3 Å². The van der Waals surface area contributed by atoms with Gasteiger partial charge in [0.25, 0.3) is 0 Å². The molecule has 2 N–H and O–H groups in total. The number of thiocarbonyl (C=S) groups is 1. The van der Waals surface area contributed by atoms with Crippen molar-refractivity contribution in [3.63, 3.8) is 0 Å². The summed E-state index contributed by atoms with van der Waals surface area (Å²) in [7, 11) is 0. The molecule has 0 unspecified atom stereocenters. The van der Waals surface area contributed by atoms with E-state index in [1.165, 1.54) is 5.56 Å². The molecule has 1 saturated heterocycles. The molecule has 6 nitrogen and oxygen atoms in total. The van der Waals surface area contributed by atoms with Crippen molar-refractivity contribution in [2.45, 2.75) is 49.8 Å². The number of aryl methyl sites for hydroxylation is 2. The predicted octanol–water partition coefficient (Wildman–Crippen LogP) is 7.21. The Kier molecular flexibility index (Phi) is 7.53. The zero-order chi connectivity index (χ0) is 26.8. The first-order valence-electron chi connectivity index (χ1n) is 12.6. The van der Waals surface area contributed by atoms with Crippen molar-refractivity contribution in [3.05, 3.63) is 102 Å². The Morgan fingerprint density at radius 2 is 1.87 bits per heavy atom. The number of benzene rings is 2. The summed E-state index contributed by atoms with van der Waals surface area (Å²) in [6.45, 7) is 7.82. The quantitative estimate of drug-likeness (QED) is 0.239. The molecular formula is C30H30N4O2S2. The molecule has 1 aliphatic heterocycles. The fourth-order valence-corrected chi connectivity index (χ4v) is 5.53. The third-order valence-electron chi connectivity index (χ3n) is 6.50. The first-order valence-corrected chi connectivity index (χ1v) is 13.8. The van der Waals surface area contributed by atoms with Crippen LogP contribution in [0, 0.1) is 19.8 Å². The lowest BCUT2D eigenvalue weighted by Crippen LogP contribution is -2.29. The zero-order valence-corrected chi connectivity index (χ0v) is 23.4. The molecule has 5 rings (SSSR count). The van der Waals surface area contributed by atoms with Crippen LogP contribution in [0.25, 0.3) is 0 Å². The van der Waals surface area contributed by atoms with Gasteiger partial charge >= 0.3 is 0 Å². The van der Waals surface area contributed by atoms with Crippen LogP contribution < -0.4 is 15.5 Å². The molecule has 2 aromatic heterocycles. The number of pyridine rings is 1. The molecule has 1 amide bonds. The molecule has 38 heavy (non-hydrogen) atoms. The van der Waals surface area contributed by atoms with Gasteiger partial charge < -0.3 is 20.0 Å². The molecule has 0 radical (unpaired) electrons. The standard InChI is InChI=1S/C30H30N4O2S2/c1-18(2)29(35)32-23-13-10-21(17-20(23)4)34-28(27(33-30(34)37)24-7-5-6-16-31-24)25-14-15-26(36-25)38-22-11-8-19(3)9-12-22/h5-18,27-28H,1-4H3,(H,32,35)(H,33,37)/t27-,28+/m1/s1. The van der Waals surface area contributed by atoms with Crippen LogP contribution >= 0.6 is 24.0 Å². The summed E-state index contributed by atoms with van der Waals surface area (Å²) in [6, 6.07) is 23.8. The highest BCUT2D eigenvalue weighted by molar-refractivity contribution is 7.99. The third-order valence-corrected chi connectivity index (χ3v) is 7.74. The van der Waals surface area contributed by atoms with Crippen LogP contribution in [-0.2, 0) is 4.79 Å². The maximum absolute atomic E-state index is 12.3. The highest BCUT2D eigenvalue weighted by Crippen LogP contribution is 2.44. The molecular weight excluding hydrogens is 512 g/mol. The highest BCUT2D eigenvalue weighted by Gasteiger charge is 2.42. The van der Waals surface area contributed by atoms with Crippen LogP contribution in [-0.4, -0.2) is 16.0 Å². The van der Waals surface area contributed by atoms with Crippen molar-refractivity contribution in [2.24, 2.45) is 5.92 Å². The number of anilines is 2. The summed E-state index contributed by atoms with van der Waals surface area (Å²) >= 11 is 7.44. The molecule has 194 valence electrons. The molecule has 8 heteroatoms. The summed E-state index contributed by atoms with van der Waals surface area (Å²) in [5, 5.41) is 7.88. The van der Waals surface area contributed by atoms with Gasteiger partial charge in [0, 0.05) is 28.4 Å². The van der Waals surface area contributed by atoms with E-state index in [0.717, 1.165) is 38.4 Å². The van der Waals surface area contributed by atoms with Crippen molar-refractivity contribution in [3.8, 4) is 0 Å². The minimum atomic E-state index is -0.250. The van der Waals surface area contributed by atoms with Gasteiger partial charge in [-0.25, -0.2) is 0 Å². The molecule has 0 aliphatic carbocycles. The van der Waals surface area contributed by atoms with Gasteiger partial charge in [-0.15, -0.1) is 0 Å². The smallest absolute Gasteiger partial charge is 0.226 e. The fraction of sp³-hybridized carbons (Fsp3) is 0.233. The molecule has 0 bridgehead atoms. The van der Waals surface area contributed by atoms with Crippen LogP contribution in [0.4, 0.5) is 11.4 Å². The Balaban J connectivity index is 1.49. The minimum absolute atomic E-state index is 0.0125. The van der Waals surface area contributed by atoms with Gasteiger partial charge in [0.2, 0.25) is 5.91 Å². The summed E-state index contributed by atoms with van der Waals surface area (Å²) in [5.74, 6) is 0.679. The molecule has 1 aliphatic rings. The average Bonchev–Trinajstić information content (AvgIpc) is 3.51. The topological polar surface area (TPSA) is 70.4 Å². The Bertz CT molecular complexity index is 1450. The molecule has 1 fully saturated rings. The highest BCUT2D eigenvalue weighted by atomic mass is 32.2. The largest absolute Gasteiger partial charge is 0.452 e. The second-order valence-electron chi connectivity index (χ2n) is 9.71. The number of hydrogen-bond acceptors (Lipinski definition) is 5. The van der Waals surface area contributed by atoms with E-state index in [-0.39, 0.29) is 23.9 Å². The number of nitrogens with zero attached hydrogens (tertiary/aromatic N) is 2. The van der Waals surface area contributed by atoms with E-state index in [1.54, 1.807) is 18.0 Å². The SMILES string of the molecule is Cc1ccc(Sc2ccc([C@H]3[C@@H](c4ccccn4)NC(=S)N3c3ccc(NC(=O)C(C)C)c(C)c3)o2)cc1. The number of nitrogens with one attached hydrogen (secondary N) is 2. The van der Waals surface area contributed by atoms with E-state index in [9.17, 15) is 4.79 Å². The third kappa shape index (κ3) is 5.47. The van der Waals surface area contributed by atoms with Crippen molar-refractivity contribution in [1.29, 1.82) is 0 Å². The number of hydrogen-bond donors (Lipinski definition) is 2. The van der Waals surface area contributed by atoms with Gasteiger partial charge in [-0.1, -0.05) is 49.4 Å². The lowest BCUT2D eigenvalue weighted by molar-refractivity contribution is -0.118. The number of carbonyl (C=O) groups is 1. The van der Waals surface area contributed by atoms with Gasteiger partial charge in [-0.3, -0.25) is 9.78 Å². The summed E-state index contributed by atoms with van der Waals surface area (Å²) in [5.41, 5.74) is 4.76. The Hall–Kier alpha value is -3.62. The normalized spacial score (nSPS) is 17.1. The van der Waals surface area contributed by atoms with E-state index in [0.29, 0.717) is 5.11 Å². The van der Waals surface area contributed by atoms with Crippen LogP contribution in [0.3, 0.4) is 0 Å². The monoisotopic (exact) mass is 542 g/mol. The van der Waals surface area contributed by atoms with Crippen molar-refractivity contribution >= 4 is 46.4 Å². The van der Waals surface area contributed by atoms with Crippen molar-refractivity contribution < 1.29 is 9.21 Å². The summed E-state index contributed by atoms with van der Waals surface area (Å²) in [6.07, 6.45) is 1.79. The van der Waals surface area contributed by atoms with Gasteiger partial charge in [0.1, 0.15) is 11.8 Å². The van der Waals surface area contributed by atoms with Crippen molar-refractivity contribution in [1.82, 2.24) is 10.3 Å². The van der Waals surface area contributed by atoms with E-state index < -0.39 is 0 Å². The van der Waals surface area contributed by atoms with Gasteiger partial charge in [0.05, 0.1) is 11.7 Å². The van der Waals surface area contributed by atoms with E-state index >= 15 is 0 Å². The first kappa shape index (κ1) is 26.0. The molecule has 0 saturated carbocycles. The Morgan fingerprint density at radius 1 is 1.08 bits per heavy atom. The van der Waals surface area contributed by atoms with E-state index in [2.05, 4.69) is 51.7 Å². The lowest BCUT2D eigenvalue weighted by atomic mass is 10.0. The second-order valence-corrected chi connectivity index (χ2v) is 11.2. The molecule has 2 atom stereocenters. The van der Waals surface area contributed by atoms with Gasteiger partial charge in [-0.05, 0) is 86.2 Å². The zero-order valence-electron chi connectivity index (χ0n) is 21.8. The van der Waals surface area contributed by atoms with Crippen LogP contribution in [0.5, 0.6) is 0 Å². The lowest BCUT2D eigenvalue weighted by Gasteiger charge is -2.27. The summed E-state index contributed by atoms with van der Waals surface area (Å²) in [4.78, 5) is 20.1. The molecule has 3 heterocycles. The fourth-order valence-electron chi connectivity index (χ4n) is 4.41. The van der Waals surface area contributed by atoms with Gasteiger partial charge in [-0.2, -0.15) is 0 Å². The molecule has 0 spiro atoms. The number of aromatic nitrogens is 1. The number of rotatable bonds is 7. The predicted molar refractivity (Wildman–Crippen MR) is 157 cm³/mol. The molecule has 2 aromatic carbocycles. The van der Waals surface area contributed by atoms with Crippen LogP contribution in [0.15, 0.2) is 93.4 Å². The average molecular weight is 543 g/mol. The Morgan fingerprint density at radius 3 is 2.55 bits per heavy atom. The first-order chi connectivity index (χ1) is 18.3. The van der Waals surface area contributed by atoms with Gasteiger partial charge in [0.15, 0.2) is 10.2 Å². The van der Waals surface area contributed by atoms with Crippen molar-refractivity contribution in [2.75, 3.05) is 10.2 Å². The van der Waals surface area contributed by atoms with E-state index in [4.69, 9.17) is 16.6 Å². The molecule has 4 aromatic rings. The minimum Gasteiger partial charge on any atom is -0.452 e. The number of amides is 1. The van der Waals surface area contributed by atoms with Crippen LogP contribution in [0.2, 0.25) is 0 Å². The second kappa shape index (κ2) is 11.0. The Labute approximate surface area is 232 Å². The maximum atomic E-state index is 12.3. The maximum Gasteiger partial charge on any atom is 0.226 e. The van der Waals surface area contributed by atoms with Crippen LogP contribution in [0.1, 0.15) is 48.5 Å².